The molecule has 1 fully saturated rings. The van der Waals surface area contributed by atoms with Crippen LogP contribution < -0.4 is 5.32 Å². The van der Waals surface area contributed by atoms with Gasteiger partial charge in [0.1, 0.15) is 0 Å². The smallest absolute Gasteiger partial charge is 0.276 e. The van der Waals surface area contributed by atoms with Crippen LogP contribution in [-0.4, -0.2) is 36.0 Å². The molecule has 1 unspecified atom stereocenters. The second-order valence-electron chi connectivity index (χ2n) is 5.86. The molecule has 2 aliphatic heterocycles. The number of nitrogens with one attached hydrogen (secondary N) is 1. The maximum atomic E-state index is 13.2. The zero-order valence-corrected chi connectivity index (χ0v) is 13.3. The first-order valence-corrected chi connectivity index (χ1v) is 7.29. The van der Waals surface area contributed by atoms with Crippen LogP contribution in [0, 0.1) is 12.3 Å². The van der Waals surface area contributed by atoms with E-state index in [9.17, 15) is 27.6 Å². The maximum absolute atomic E-state index is 13.2. The van der Waals surface area contributed by atoms with E-state index < -0.39 is 41.5 Å². The number of amides is 4. The Morgan fingerprint density at radius 2 is 1.85 bits per heavy atom. The number of alkyl halides is 3. The number of barbiturate groups is 1. The summed E-state index contributed by atoms with van der Waals surface area (Å²) in [6.45, 7) is 0. The largest absolute Gasteiger partial charge is 0.442 e. The van der Waals surface area contributed by atoms with Gasteiger partial charge in [0.15, 0.2) is 5.41 Å². The summed E-state index contributed by atoms with van der Waals surface area (Å²) in [5.41, 5.74) is -5.15. The van der Waals surface area contributed by atoms with Gasteiger partial charge in [0.25, 0.3) is 5.91 Å². The number of terminal acetylenes is 1. The fourth-order valence-electron chi connectivity index (χ4n) is 2.87. The number of likely N-dealkylation sites (N-methyl/N-ethyl adjacent to an activating group) is 1. The summed E-state index contributed by atoms with van der Waals surface area (Å²) in [6.07, 6.45) is 0.0834. The highest BCUT2D eigenvalue weighted by molar-refractivity contribution is 6.22. The van der Waals surface area contributed by atoms with Crippen LogP contribution in [0.15, 0.2) is 34.5 Å². The van der Waals surface area contributed by atoms with Crippen LogP contribution in [0.25, 0.3) is 0 Å². The standard InChI is InChI=1S/C16H11F3N4O3/c1-3-7-14(11(24)20-13(26)23(2)12(14)25)9-5-4-6-10(8-9)15(21-22-15)16(17,18)19/h1,4-6,8H,7H2,2H3,(H,20,24,26). The van der Waals surface area contributed by atoms with Crippen molar-refractivity contribution in [1.29, 1.82) is 0 Å². The SMILES string of the molecule is C#CCC1(c2cccc(C3(C(F)(F)F)N=N3)c2)C(=O)NC(=O)N(C)C1=O. The molecule has 0 radical (unpaired) electrons. The van der Waals surface area contributed by atoms with Crippen molar-refractivity contribution in [2.24, 2.45) is 10.2 Å². The molecule has 0 bridgehead atoms. The first-order chi connectivity index (χ1) is 12.1. The highest BCUT2D eigenvalue weighted by Gasteiger charge is 2.65. The Kier molecular flexibility index (Phi) is 3.65. The molecule has 4 amide bonds. The normalized spacial score (nSPS) is 24.3. The van der Waals surface area contributed by atoms with Gasteiger partial charge >= 0.3 is 17.9 Å². The van der Waals surface area contributed by atoms with Gasteiger partial charge in [-0.25, -0.2) is 4.79 Å². The zero-order valence-electron chi connectivity index (χ0n) is 13.3. The van der Waals surface area contributed by atoms with Crippen molar-refractivity contribution >= 4 is 17.8 Å². The molecular weight excluding hydrogens is 353 g/mol. The molecule has 1 saturated heterocycles. The summed E-state index contributed by atoms with van der Waals surface area (Å²) in [4.78, 5) is 37.5. The van der Waals surface area contributed by atoms with E-state index in [4.69, 9.17) is 6.42 Å². The Morgan fingerprint density at radius 3 is 2.38 bits per heavy atom. The molecule has 134 valence electrons. The van der Waals surface area contributed by atoms with Gasteiger partial charge in [-0.05, 0) is 11.6 Å². The fraction of sp³-hybridized carbons (Fsp3) is 0.312. The lowest BCUT2D eigenvalue weighted by molar-refractivity contribution is -0.166. The number of carbonyl (C=O) groups is 3. The van der Waals surface area contributed by atoms with Gasteiger partial charge < -0.3 is 0 Å². The molecule has 10 heteroatoms. The lowest BCUT2D eigenvalue weighted by atomic mass is 9.73. The number of hydrogen-bond donors (Lipinski definition) is 1. The molecule has 3 rings (SSSR count). The summed E-state index contributed by atoms with van der Waals surface area (Å²) in [6, 6.07) is 3.76. The van der Waals surface area contributed by atoms with Crippen molar-refractivity contribution in [1.82, 2.24) is 10.2 Å². The average molecular weight is 364 g/mol. The van der Waals surface area contributed by atoms with Crippen LogP contribution >= 0.6 is 0 Å². The Morgan fingerprint density at radius 1 is 1.23 bits per heavy atom. The van der Waals surface area contributed by atoms with E-state index in [-0.39, 0.29) is 11.1 Å². The molecule has 1 aromatic rings. The number of benzene rings is 1. The predicted octanol–water partition coefficient (Wildman–Crippen LogP) is 1.84. The minimum Gasteiger partial charge on any atom is -0.276 e. The zero-order chi connectivity index (χ0) is 19.3. The first-order valence-electron chi connectivity index (χ1n) is 7.29. The van der Waals surface area contributed by atoms with Crippen molar-refractivity contribution in [3.05, 3.63) is 35.4 Å². The maximum Gasteiger partial charge on any atom is 0.442 e. The van der Waals surface area contributed by atoms with Gasteiger partial charge in [0.05, 0.1) is 0 Å². The van der Waals surface area contributed by atoms with E-state index in [0.29, 0.717) is 4.90 Å². The van der Waals surface area contributed by atoms with Gasteiger partial charge in [-0.15, -0.1) is 22.6 Å². The number of rotatable bonds is 3. The van der Waals surface area contributed by atoms with E-state index in [1.807, 2.05) is 5.32 Å². The van der Waals surface area contributed by atoms with Crippen LogP contribution in [0.4, 0.5) is 18.0 Å². The lowest BCUT2D eigenvalue weighted by Crippen LogP contribution is -2.64. The minimum absolute atomic E-state index is 0.0734. The number of urea groups is 1. The van der Waals surface area contributed by atoms with E-state index in [1.165, 1.54) is 12.1 Å². The summed E-state index contributed by atoms with van der Waals surface area (Å²) in [5.74, 6) is 0.270. The lowest BCUT2D eigenvalue weighted by Gasteiger charge is -2.37. The molecule has 7 nitrogen and oxygen atoms in total. The number of halogens is 3. The highest BCUT2D eigenvalue weighted by Crippen LogP contribution is 2.52. The molecule has 1 N–H and O–H groups in total. The van der Waals surface area contributed by atoms with Crippen LogP contribution in [0.3, 0.4) is 0 Å². The summed E-state index contributed by atoms with van der Waals surface area (Å²) >= 11 is 0. The summed E-state index contributed by atoms with van der Waals surface area (Å²) in [5, 5.41) is 8.21. The van der Waals surface area contributed by atoms with Gasteiger partial charge in [0, 0.05) is 19.0 Å². The van der Waals surface area contributed by atoms with Crippen molar-refractivity contribution in [3.8, 4) is 12.3 Å². The number of carbonyl (C=O) groups excluding carboxylic acids is 3. The minimum atomic E-state index is -4.77. The van der Waals surface area contributed by atoms with Crippen LogP contribution in [-0.2, 0) is 20.7 Å². The van der Waals surface area contributed by atoms with E-state index >= 15 is 0 Å². The molecule has 2 heterocycles. The number of hydrogen-bond acceptors (Lipinski definition) is 5. The monoisotopic (exact) mass is 364 g/mol. The predicted molar refractivity (Wildman–Crippen MR) is 80.5 cm³/mol. The summed E-state index contributed by atoms with van der Waals surface area (Å²) < 4.78 is 39.7. The Bertz CT molecular complexity index is 897. The van der Waals surface area contributed by atoms with E-state index in [1.54, 1.807) is 0 Å². The molecule has 0 saturated carbocycles. The second kappa shape index (κ2) is 5.39. The Balaban J connectivity index is 2.15. The Hall–Kier alpha value is -3.22. The molecule has 0 aromatic heterocycles. The topological polar surface area (TPSA) is 91.2 Å². The van der Waals surface area contributed by atoms with Gasteiger partial charge in [-0.3, -0.25) is 19.8 Å². The fourth-order valence-corrected chi connectivity index (χ4v) is 2.87. The third kappa shape index (κ3) is 2.20. The average Bonchev–Trinajstić information content (AvgIpc) is 3.39. The van der Waals surface area contributed by atoms with Crippen LogP contribution in [0.1, 0.15) is 17.5 Å². The van der Waals surface area contributed by atoms with Gasteiger partial charge in [-0.2, -0.15) is 13.2 Å². The summed E-state index contributed by atoms with van der Waals surface area (Å²) in [7, 11) is 1.14. The van der Waals surface area contributed by atoms with E-state index in [2.05, 4.69) is 16.1 Å². The molecule has 0 spiro atoms. The quantitative estimate of drug-likeness (QED) is 0.655. The molecule has 1 aromatic carbocycles. The van der Waals surface area contributed by atoms with Crippen LogP contribution in [0.2, 0.25) is 0 Å². The first kappa shape index (κ1) is 17.6. The molecule has 1 atom stereocenters. The second-order valence-corrected chi connectivity index (χ2v) is 5.86. The molecule has 26 heavy (non-hydrogen) atoms. The van der Waals surface area contributed by atoms with E-state index in [0.717, 1.165) is 19.2 Å². The van der Waals surface area contributed by atoms with Crippen molar-refractivity contribution in [2.75, 3.05) is 7.05 Å². The van der Waals surface area contributed by atoms with Gasteiger partial charge in [-0.1, -0.05) is 18.2 Å². The molecular formula is C16H11F3N4O3. The van der Waals surface area contributed by atoms with Gasteiger partial charge in [0.2, 0.25) is 5.91 Å². The third-order valence-electron chi connectivity index (χ3n) is 4.40. The van der Waals surface area contributed by atoms with Crippen molar-refractivity contribution in [3.63, 3.8) is 0 Å². The Labute approximate surface area is 145 Å². The molecule has 0 aliphatic carbocycles. The molecule has 2 aliphatic rings. The number of imide groups is 2. The van der Waals surface area contributed by atoms with Crippen molar-refractivity contribution in [2.45, 2.75) is 23.7 Å². The highest BCUT2D eigenvalue weighted by atomic mass is 19.4. The van der Waals surface area contributed by atoms with Crippen molar-refractivity contribution < 1.29 is 27.6 Å². The number of nitrogens with zero attached hydrogens (tertiary/aromatic N) is 3. The van der Waals surface area contributed by atoms with Crippen LogP contribution in [0.5, 0.6) is 0 Å². The third-order valence-corrected chi connectivity index (χ3v) is 4.40.